The molecule has 2 aromatic rings. The third-order valence-corrected chi connectivity index (χ3v) is 7.83. The fraction of sp³-hybridized carbons (Fsp3) is 0.526. The molecule has 2 fully saturated rings. The zero-order chi connectivity index (χ0) is 22.3. The monoisotopic (exact) mass is 465 g/mol. The number of ether oxygens (including phenoxy) is 1. The van der Waals surface area contributed by atoms with Crippen LogP contribution in [0.2, 0.25) is 0 Å². The van der Waals surface area contributed by atoms with Crippen molar-refractivity contribution in [2.45, 2.75) is 38.1 Å². The fourth-order valence-corrected chi connectivity index (χ4v) is 5.72. The summed E-state index contributed by atoms with van der Waals surface area (Å²) >= 11 is 2.63. The number of thiazole rings is 1. The Morgan fingerprint density at radius 1 is 1.32 bits per heavy atom. The van der Waals surface area contributed by atoms with E-state index in [4.69, 9.17) is 4.74 Å². The Bertz CT molecular complexity index is 1020. The second-order valence-electron chi connectivity index (χ2n) is 8.12. The Hall–Kier alpha value is -2.73. The molecule has 1 saturated carbocycles. The molecule has 0 bridgehead atoms. The summed E-state index contributed by atoms with van der Waals surface area (Å²) in [5.41, 5.74) is 1.30. The maximum absolute atomic E-state index is 12.8. The number of nitrogens with one attached hydrogen (secondary N) is 2. The first kappa shape index (κ1) is 21.5. The highest BCUT2D eigenvalue weighted by Crippen LogP contribution is 2.36. The average molecular weight is 466 g/mol. The molecule has 1 saturated heterocycles. The predicted octanol–water partition coefficient (Wildman–Crippen LogP) is 2.11. The molecule has 31 heavy (non-hydrogen) atoms. The van der Waals surface area contributed by atoms with Crippen molar-refractivity contribution in [1.82, 2.24) is 20.7 Å². The molecule has 4 rings (SSSR count). The Balaban J connectivity index is 1.32. The first-order chi connectivity index (χ1) is 14.7. The SMILES string of the molecule is CC1CCC2(CC1)NC(=O)N(NC(=O)COC(=O)c1cc3sc(N(C)C)nc3s1)C2=O. The van der Waals surface area contributed by atoms with Crippen molar-refractivity contribution in [3.63, 3.8) is 0 Å². The van der Waals surface area contributed by atoms with Crippen LogP contribution in [-0.4, -0.2) is 60.0 Å². The van der Waals surface area contributed by atoms with Gasteiger partial charge in [0.1, 0.15) is 15.2 Å². The minimum absolute atomic E-state index is 0.331. The molecule has 0 unspecified atom stereocenters. The van der Waals surface area contributed by atoms with Gasteiger partial charge in [-0.2, -0.15) is 5.01 Å². The van der Waals surface area contributed by atoms with Gasteiger partial charge in [-0.3, -0.25) is 15.0 Å². The van der Waals surface area contributed by atoms with Gasteiger partial charge in [0, 0.05) is 14.1 Å². The number of fused-ring (bicyclic) bond motifs is 1. The average Bonchev–Trinajstić information content (AvgIpc) is 3.36. The van der Waals surface area contributed by atoms with Gasteiger partial charge in [-0.25, -0.2) is 14.6 Å². The number of anilines is 1. The molecule has 1 aliphatic carbocycles. The summed E-state index contributed by atoms with van der Waals surface area (Å²) in [4.78, 5) is 56.9. The van der Waals surface area contributed by atoms with Crippen molar-refractivity contribution < 1.29 is 23.9 Å². The number of thiophene rings is 1. The number of carbonyl (C=O) groups excluding carboxylic acids is 4. The third kappa shape index (κ3) is 4.09. The van der Waals surface area contributed by atoms with Crippen LogP contribution in [0.5, 0.6) is 0 Å². The molecule has 0 radical (unpaired) electrons. The normalized spacial score (nSPS) is 23.3. The predicted molar refractivity (Wildman–Crippen MR) is 116 cm³/mol. The van der Waals surface area contributed by atoms with E-state index in [9.17, 15) is 19.2 Å². The molecular formula is C19H23N5O5S2. The lowest BCUT2D eigenvalue weighted by Gasteiger charge is -2.33. The summed E-state index contributed by atoms with van der Waals surface area (Å²) in [6.07, 6.45) is 2.74. The molecule has 1 aliphatic heterocycles. The summed E-state index contributed by atoms with van der Waals surface area (Å²) in [6.45, 7) is 1.50. The number of hydrogen-bond acceptors (Lipinski definition) is 9. The van der Waals surface area contributed by atoms with Crippen LogP contribution < -0.4 is 15.6 Å². The largest absolute Gasteiger partial charge is 0.451 e. The Morgan fingerprint density at radius 3 is 2.68 bits per heavy atom. The van der Waals surface area contributed by atoms with Crippen molar-refractivity contribution >= 4 is 61.2 Å². The van der Waals surface area contributed by atoms with Crippen molar-refractivity contribution in [3.05, 3.63) is 10.9 Å². The minimum atomic E-state index is -0.950. The van der Waals surface area contributed by atoms with Crippen LogP contribution in [0, 0.1) is 5.92 Å². The zero-order valence-electron chi connectivity index (χ0n) is 17.4. The number of amides is 4. The maximum Gasteiger partial charge on any atom is 0.348 e. The fourth-order valence-electron chi connectivity index (χ4n) is 3.69. The van der Waals surface area contributed by atoms with Gasteiger partial charge >= 0.3 is 12.0 Å². The lowest BCUT2D eigenvalue weighted by molar-refractivity contribution is -0.141. The summed E-state index contributed by atoms with van der Waals surface area (Å²) in [6, 6.07) is 1.01. The molecule has 2 aliphatic rings. The second kappa shape index (κ2) is 8.08. The number of imide groups is 1. The summed E-state index contributed by atoms with van der Waals surface area (Å²) < 4.78 is 5.91. The molecule has 1 spiro atoms. The van der Waals surface area contributed by atoms with E-state index in [1.807, 2.05) is 19.0 Å². The van der Waals surface area contributed by atoms with E-state index in [1.165, 1.54) is 22.7 Å². The van der Waals surface area contributed by atoms with Crippen molar-refractivity contribution in [2.75, 3.05) is 25.6 Å². The first-order valence-electron chi connectivity index (χ1n) is 9.89. The molecule has 4 amide bonds. The smallest absolute Gasteiger partial charge is 0.348 e. The number of hydrogen-bond donors (Lipinski definition) is 2. The number of carbonyl (C=O) groups is 4. The number of rotatable bonds is 5. The molecule has 10 nitrogen and oxygen atoms in total. The van der Waals surface area contributed by atoms with Crippen LogP contribution in [0.15, 0.2) is 6.07 Å². The lowest BCUT2D eigenvalue weighted by Crippen LogP contribution is -2.52. The maximum atomic E-state index is 12.8. The minimum Gasteiger partial charge on any atom is -0.451 e. The van der Waals surface area contributed by atoms with E-state index in [0.29, 0.717) is 28.6 Å². The van der Waals surface area contributed by atoms with Gasteiger partial charge < -0.3 is 15.0 Å². The number of esters is 1. The molecule has 2 aromatic heterocycles. The van der Waals surface area contributed by atoms with Crippen LogP contribution in [0.25, 0.3) is 9.53 Å². The van der Waals surface area contributed by atoms with Crippen molar-refractivity contribution in [1.29, 1.82) is 0 Å². The van der Waals surface area contributed by atoms with Gasteiger partial charge in [0.2, 0.25) is 0 Å². The summed E-state index contributed by atoms with van der Waals surface area (Å²) in [5, 5.41) is 4.24. The zero-order valence-corrected chi connectivity index (χ0v) is 19.0. The van der Waals surface area contributed by atoms with Gasteiger partial charge in [-0.1, -0.05) is 18.3 Å². The number of hydrazine groups is 1. The van der Waals surface area contributed by atoms with Crippen LogP contribution in [0.3, 0.4) is 0 Å². The molecule has 166 valence electrons. The quantitative estimate of drug-likeness (QED) is 0.512. The summed E-state index contributed by atoms with van der Waals surface area (Å²) in [7, 11) is 3.77. The molecular weight excluding hydrogens is 442 g/mol. The standard InChI is InChI=1S/C19H23N5O5S2/c1-10-4-6-19(7-5-10)16(27)24(17(28)21-19)22-13(25)9-29-15(26)12-8-11-14(30-12)20-18(31-11)23(2)3/h8,10H,4-7,9H2,1-3H3,(H,21,28)(H,22,25). The number of aromatic nitrogens is 1. The molecule has 0 aromatic carbocycles. The topological polar surface area (TPSA) is 121 Å². The van der Waals surface area contributed by atoms with E-state index in [-0.39, 0.29) is 0 Å². The van der Waals surface area contributed by atoms with Gasteiger partial charge in [-0.15, -0.1) is 11.3 Å². The van der Waals surface area contributed by atoms with Gasteiger partial charge in [0.25, 0.3) is 11.8 Å². The molecule has 12 heteroatoms. The first-order valence-corrected chi connectivity index (χ1v) is 11.5. The van der Waals surface area contributed by atoms with Crippen LogP contribution >= 0.6 is 22.7 Å². The third-order valence-electron chi connectivity index (χ3n) is 5.52. The van der Waals surface area contributed by atoms with Crippen LogP contribution in [0.4, 0.5) is 9.93 Å². The van der Waals surface area contributed by atoms with Crippen molar-refractivity contribution in [2.24, 2.45) is 5.92 Å². The highest BCUT2D eigenvalue weighted by Gasteiger charge is 2.52. The van der Waals surface area contributed by atoms with E-state index in [1.54, 1.807) is 6.07 Å². The highest BCUT2D eigenvalue weighted by molar-refractivity contribution is 7.29. The van der Waals surface area contributed by atoms with E-state index < -0.39 is 36.0 Å². The Morgan fingerprint density at radius 2 is 2.03 bits per heavy atom. The van der Waals surface area contributed by atoms with Crippen molar-refractivity contribution in [3.8, 4) is 0 Å². The molecule has 0 atom stereocenters. The number of urea groups is 1. The summed E-state index contributed by atoms with van der Waals surface area (Å²) in [5.74, 6) is -1.39. The lowest BCUT2D eigenvalue weighted by atomic mass is 9.77. The van der Waals surface area contributed by atoms with E-state index in [0.717, 1.165) is 27.5 Å². The van der Waals surface area contributed by atoms with Gasteiger partial charge in [0.05, 0.1) is 4.70 Å². The highest BCUT2D eigenvalue weighted by atomic mass is 32.1. The van der Waals surface area contributed by atoms with E-state index in [2.05, 4.69) is 22.7 Å². The van der Waals surface area contributed by atoms with Gasteiger partial charge in [-0.05, 0) is 37.7 Å². The van der Waals surface area contributed by atoms with Gasteiger partial charge in [0.15, 0.2) is 11.7 Å². The molecule has 2 N–H and O–H groups in total. The molecule has 3 heterocycles. The van der Waals surface area contributed by atoms with Crippen LogP contribution in [0.1, 0.15) is 42.3 Å². The number of nitrogens with zero attached hydrogens (tertiary/aromatic N) is 3. The van der Waals surface area contributed by atoms with E-state index >= 15 is 0 Å². The van der Waals surface area contributed by atoms with Crippen LogP contribution in [-0.2, 0) is 14.3 Å². The second-order valence-corrected chi connectivity index (χ2v) is 10.2. The Labute approximate surface area is 186 Å². The Kier molecular flexibility index (Phi) is 5.60.